The number of aryl methyl sites for hydroxylation is 1. The number of nitrogens with zero attached hydrogens (tertiary/aromatic N) is 2. The van der Waals surface area contributed by atoms with E-state index in [2.05, 4.69) is 5.10 Å². The highest BCUT2D eigenvalue weighted by atomic mass is 16.4. The predicted octanol–water partition coefficient (Wildman–Crippen LogP) is 2.56. The standard InChI is InChI=1S/C15H14N2O3/c1-3-11-9(2)15(19)20-14-12(11)13(18)16-17(14)10-7-5-4-6-8-10/h4-8H,3H2,1-2H3,(H,16,18). The van der Waals surface area contributed by atoms with Crippen LogP contribution in [-0.2, 0) is 6.42 Å². The molecule has 1 aromatic carbocycles. The minimum Gasteiger partial charge on any atom is -0.492 e. The molecule has 0 bridgehead atoms. The van der Waals surface area contributed by atoms with Gasteiger partial charge >= 0.3 is 5.63 Å². The summed E-state index contributed by atoms with van der Waals surface area (Å²) < 4.78 is 6.78. The fraction of sp³-hybridized carbons (Fsp3) is 0.200. The van der Waals surface area contributed by atoms with Gasteiger partial charge in [0, 0.05) is 5.56 Å². The summed E-state index contributed by atoms with van der Waals surface area (Å²) in [5, 5.41) is 14.7. The van der Waals surface area contributed by atoms with Crippen LogP contribution in [0.5, 0.6) is 5.88 Å². The van der Waals surface area contributed by atoms with Crippen LogP contribution in [0.15, 0.2) is 39.5 Å². The van der Waals surface area contributed by atoms with E-state index in [-0.39, 0.29) is 11.6 Å². The van der Waals surface area contributed by atoms with Crippen molar-refractivity contribution in [1.29, 1.82) is 0 Å². The molecule has 0 amide bonds. The monoisotopic (exact) mass is 270 g/mol. The minimum absolute atomic E-state index is 0.118. The van der Waals surface area contributed by atoms with Crippen molar-refractivity contribution in [3.63, 3.8) is 0 Å². The Bertz CT molecular complexity index is 832. The van der Waals surface area contributed by atoms with Crippen LogP contribution in [0, 0.1) is 6.92 Å². The topological polar surface area (TPSA) is 68.3 Å². The molecule has 0 radical (unpaired) electrons. The molecule has 3 rings (SSSR count). The van der Waals surface area contributed by atoms with E-state index < -0.39 is 5.63 Å². The quantitative estimate of drug-likeness (QED) is 0.777. The number of hydrogen-bond acceptors (Lipinski definition) is 4. The van der Waals surface area contributed by atoms with E-state index >= 15 is 0 Å². The Kier molecular flexibility index (Phi) is 2.82. The normalized spacial score (nSPS) is 11.1. The summed E-state index contributed by atoms with van der Waals surface area (Å²) in [6.45, 7) is 3.63. The summed E-state index contributed by atoms with van der Waals surface area (Å²) in [5.74, 6) is -0.118. The van der Waals surface area contributed by atoms with E-state index in [0.717, 1.165) is 11.3 Å². The number of aromatic nitrogens is 2. The van der Waals surface area contributed by atoms with E-state index in [9.17, 15) is 9.90 Å². The van der Waals surface area contributed by atoms with Gasteiger partial charge in [0.25, 0.3) is 0 Å². The highest BCUT2D eigenvalue weighted by molar-refractivity contribution is 5.85. The summed E-state index contributed by atoms with van der Waals surface area (Å²) >= 11 is 0. The van der Waals surface area contributed by atoms with Crippen molar-refractivity contribution in [2.45, 2.75) is 20.3 Å². The first-order valence-corrected chi connectivity index (χ1v) is 6.43. The molecule has 20 heavy (non-hydrogen) atoms. The molecule has 0 fully saturated rings. The van der Waals surface area contributed by atoms with E-state index in [1.807, 2.05) is 37.3 Å². The molecular weight excluding hydrogens is 256 g/mol. The second kappa shape index (κ2) is 4.52. The second-order valence-corrected chi connectivity index (χ2v) is 4.60. The Hall–Kier alpha value is -2.56. The average Bonchev–Trinajstić information content (AvgIpc) is 2.78. The Labute approximate surface area is 115 Å². The Balaban J connectivity index is 2.43. The zero-order valence-electron chi connectivity index (χ0n) is 11.3. The third-order valence-corrected chi connectivity index (χ3v) is 3.43. The molecule has 102 valence electrons. The van der Waals surface area contributed by atoms with Crippen molar-refractivity contribution in [3.8, 4) is 11.6 Å². The summed E-state index contributed by atoms with van der Waals surface area (Å²) in [4.78, 5) is 11.9. The highest BCUT2D eigenvalue weighted by Crippen LogP contribution is 2.30. The first-order valence-electron chi connectivity index (χ1n) is 6.43. The molecule has 0 aliphatic rings. The lowest BCUT2D eigenvalue weighted by Gasteiger charge is -2.04. The molecule has 0 spiro atoms. The van der Waals surface area contributed by atoms with Gasteiger partial charge in [0.05, 0.1) is 5.69 Å². The molecule has 2 aromatic heterocycles. The van der Waals surface area contributed by atoms with Gasteiger partial charge in [0.1, 0.15) is 5.39 Å². The maximum atomic E-state index is 11.9. The van der Waals surface area contributed by atoms with Gasteiger partial charge in [-0.25, -0.2) is 4.79 Å². The molecule has 0 atom stereocenters. The zero-order valence-corrected chi connectivity index (χ0v) is 11.3. The first-order chi connectivity index (χ1) is 9.63. The number of rotatable bonds is 2. The first kappa shape index (κ1) is 12.5. The lowest BCUT2D eigenvalue weighted by Crippen LogP contribution is -2.08. The van der Waals surface area contributed by atoms with Crippen molar-refractivity contribution in [2.24, 2.45) is 0 Å². The SMILES string of the molecule is CCc1c(C)c(=O)oc2c1c(O)nn2-c1ccccc1. The van der Waals surface area contributed by atoms with Gasteiger partial charge in [-0.2, -0.15) is 4.68 Å². The van der Waals surface area contributed by atoms with E-state index in [1.165, 1.54) is 4.68 Å². The number of para-hydroxylation sites is 1. The van der Waals surface area contributed by atoms with Crippen molar-refractivity contribution in [2.75, 3.05) is 0 Å². The summed E-state index contributed by atoms with van der Waals surface area (Å²) in [7, 11) is 0. The van der Waals surface area contributed by atoms with E-state index in [1.54, 1.807) is 6.92 Å². The van der Waals surface area contributed by atoms with Crippen LogP contribution in [0.2, 0.25) is 0 Å². The molecule has 1 N–H and O–H groups in total. The average molecular weight is 270 g/mol. The Morgan fingerprint density at radius 1 is 1.30 bits per heavy atom. The third-order valence-electron chi connectivity index (χ3n) is 3.43. The molecule has 5 heteroatoms. The summed E-state index contributed by atoms with van der Waals surface area (Å²) in [6.07, 6.45) is 0.627. The number of aromatic hydroxyl groups is 1. The summed E-state index contributed by atoms with van der Waals surface area (Å²) in [6, 6.07) is 9.25. The minimum atomic E-state index is -0.397. The maximum Gasteiger partial charge on any atom is 0.340 e. The molecule has 0 aliphatic carbocycles. The van der Waals surface area contributed by atoms with Gasteiger partial charge < -0.3 is 9.52 Å². The van der Waals surface area contributed by atoms with Crippen molar-refractivity contribution < 1.29 is 9.52 Å². The molecule has 3 aromatic rings. The maximum absolute atomic E-state index is 11.9. The number of fused-ring (bicyclic) bond motifs is 1. The lowest BCUT2D eigenvalue weighted by molar-refractivity contribution is 0.452. The molecular formula is C15H14N2O3. The van der Waals surface area contributed by atoms with Crippen LogP contribution in [-0.4, -0.2) is 14.9 Å². The third kappa shape index (κ3) is 1.71. The van der Waals surface area contributed by atoms with Crippen molar-refractivity contribution in [1.82, 2.24) is 9.78 Å². The van der Waals surface area contributed by atoms with Crippen LogP contribution in [0.25, 0.3) is 16.8 Å². The van der Waals surface area contributed by atoms with Gasteiger partial charge in [-0.3, -0.25) is 0 Å². The van der Waals surface area contributed by atoms with E-state index in [4.69, 9.17) is 4.42 Å². The molecule has 5 nitrogen and oxygen atoms in total. The van der Waals surface area contributed by atoms with Gasteiger partial charge in [-0.1, -0.05) is 25.1 Å². The number of hydrogen-bond donors (Lipinski definition) is 1. The van der Waals surface area contributed by atoms with Gasteiger partial charge in [-0.05, 0) is 31.0 Å². The van der Waals surface area contributed by atoms with Crippen LogP contribution in [0.1, 0.15) is 18.1 Å². The van der Waals surface area contributed by atoms with Crippen molar-refractivity contribution >= 4 is 11.1 Å². The highest BCUT2D eigenvalue weighted by Gasteiger charge is 2.20. The summed E-state index contributed by atoms with van der Waals surface area (Å²) in [5.41, 5.74) is 1.90. The second-order valence-electron chi connectivity index (χ2n) is 4.60. The smallest absolute Gasteiger partial charge is 0.340 e. The lowest BCUT2D eigenvalue weighted by atomic mass is 10.1. The van der Waals surface area contributed by atoms with Gasteiger partial charge in [0.2, 0.25) is 11.6 Å². The fourth-order valence-electron chi connectivity index (χ4n) is 2.41. The predicted molar refractivity (Wildman–Crippen MR) is 75.4 cm³/mol. The zero-order chi connectivity index (χ0) is 14.3. The molecule has 0 unspecified atom stereocenters. The van der Waals surface area contributed by atoms with Crippen LogP contribution in [0.4, 0.5) is 0 Å². The Morgan fingerprint density at radius 3 is 2.65 bits per heavy atom. The van der Waals surface area contributed by atoms with Crippen LogP contribution >= 0.6 is 0 Å². The van der Waals surface area contributed by atoms with Crippen molar-refractivity contribution in [3.05, 3.63) is 51.9 Å². The van der Waals surface area contributed by atoms with Crippen LogP contribution < -0.4 is 5.63 Å². The Morgan fingerprint density at radius 2 is 2.00 bits per heavy atom. The van der Waals surface area contributed by atoms with Gasteiger partial charge in [0.15, 0.2) is 0 Å². The molecule has 2 heterocycles. The largest absolute Gasteiger partial charge is 0.492 e. The van der Waals surface area contributed by atoms with Gasteiger partial charge in [-0.15, -0.1) is 5.10 Å². The van der Waals surface area contributed by atoms with E-state index in [0.29, 0.717) is 17.4 Å². The molecule has 0 saturated carbocycles. The molecule has 0 saturated heterocycles. The van der Waals surface area contributed by atoms with Crippen LogP contribution in [0.3, 0.4) is 0 Å². The fourth-order valence-corrected chi connectivity index (χ4v) is 2.41. The molecule has 0 aliphatic heterocycles. The number of benzene rings is 1.